The van der Waals surface area contributed by atoms with Crippen molar-refractivity contribution in [3.8, 4) is 5.75 Å². The highest BCUT2D eigenvalue weighted by Gasteiger charge is 2.28. The van der Waals surface area contributed by atoms with Gasteiger partial charge >= 0.3 is 17.6 Å². The average molecular weight is 415 g/mol. The van der Waals surface area contributed by atoms with Gasteiger partial charge in [0.05, 0.1) is 37.2 Å². The highest BCUT2D eigenvalue weighted by molar-refractivity contribution is 5.92. The molecule has 0 saturated heterocycles. The van der Waals surface area contributed by atoms with E-state index in [1.807, 2.05) is 0 Å². The molecule has 10 heteroatoms. The molecule has 10 nitrogen and oxygen atoms in total. The van der Waals surface area contributed by atoms with Crippen LogP contribution < -0.4 is 11.2 Å². The standard InChI is InChI=1S/C20H21N3O7/c1-22-13-6-5-10(7-14(13)23(2)20(22)28)11(8-15(24)29-3)16-17(25)12(19(27)30-4)9-21-18(16)26/h5-7,9,11H,8H2,1-4H3,(H2,21,25,26)/t11-/m1/s1. The van der Waals surface area contributed by atoms with E-state index < -0.39 is 29.2 Å². The normalized spacial score (nSPS) is 12.0. The summed E-state index contributed by atoms with van der Waals surface area (Å²) in [6, 6.07) is 5.00. The Kier molecular flexibility index (Phi) is 5.50. The number of hydrogen-bond acceptors (Lipinski definition) is 7. The number of hydrogen-bond donors (Lipinski definition) is 2. The van der Waals surface area contributed by atoms with E-state index in [1.54, 1.807) is 32.3 Å². The molecule has 2 aromatic heterocycles. The molecule has 3 rings (SSSR count). The Morgan fingerprint density at radius 2 is 1.77 bits per heavy atom. The van der Waals surface area contributed by atoms with E-state index in [9.17, 15) is 24.3 Å². The maximum atomic E-state index is 12.6. The van der Waals surface area contributed by atoms with E-state index in [0.717, 1.165) is 13.3 Å². The van der Waals surface area contributed by atoms with Crippen LogP contribution in [0.3, 0.4) is 0 Å². The van der Waals surface area contributed by atoms with Gasteiger partial charge in [0.25, 0.3) is 5.56 Å². The summed E-state index contributed by atoms with van der Waals surface area (Å²) in [7, 11) is 5.58. The minimum absolute atomic E-state index is 0.177. The van der Waals surface area contributed by atoms with Gasteiger partial charge in [-0.05, 0) is 17.7 Å². The Balaban J connectivity index is 2.28. The zero-order chi connectivity index (χ0) is 22.2. The summed E-state index contributed by atoms with van der Waals surface area (Å²) < 4.78 is 12.3. The lowest BCUT2D eigenvalue weighted by atomic mass is 9.87. The molecule has 158 valence electrons. The second kappa shape index (κ2) is 7.90. The molecule has 2 heterocycles. The van der Waals surface area contributed by atoms with E-state index >= 15 is 0 Å². The molecule has 30 heavy (non-hydrogen) atoms. The van der Waals surface area contributed by atoms with Gasteiger partial charge in [0.1, 0.15) is 11.3 Å². The molecule has 0 aliphatic rings. The Morgan fingerprint density at radius 3 is 2.40 bits per heavy atom. The van der Waals surface area contributed by atoms with Gasteiger partial charge in [-0.15, -0.1) is 0 Å². The van der Waals surface area contributed by atoms with Crippen molar-refractivity contribution in [2.45, 2.75) is 12.3 Å². The van der Waals surface area contributed by atoms with Crippen molar-refractivity contribution in [3.05, 3.63) is 61.9 Å². The van der Waals surface area contributed by atoms with Crippen molar-refractivity contribution in [1.29, 1.82) is 0 Å². The number of methoxy groups -OCH3 is 2. The summed E-state index contributed by atoms with van der Waals surface area (Å²) in [5, 5.41) is 10.7. The van der Waals surface area contributed by atoms with Gasteiger partial charge in [0, 0.05) is 26.2 Å². The molecule has 0 bridgehead atoms. The van der Waals surface area contributed by atoms with Crippen molar-refractivity contribution in [2.75, 3.05) is 14.2 Å². The lowest BCUT2D eigenvalue weighted by Crippen LogP contribution is -2.22. The van der Waals surface area contributed by atoms with E-state index in [-0.39, 0.29) is 23.2 Å². The zero-order valence-electron chi connectivity index (χ0n) is 16.9. The van der Waals surface area contributed by atoms with Gasteiger partial charge in [-0.2, -0.15) is 0 Å². The van der Waals surface area contributed by atoms with Crippen LogP contribution >= 0.6 is 0 Å². The molecule has 1 atom stereocenters. The van der Waals surface area contributed by atoms with E-state index in [1.165, 1.54) is 16.2 Å². The molecule has 0 unspecified atom stereocenters. The van der Waals surface area contributed by atoms with Crippen molar-refractivity contribution >= 4 is 23.0 Å². The van der Waals surface area contributed by atoms with Gasteiger partial charge in [-0.3, -0.25) is 18.7 Å². The third kappa shape index (κ3) is 3.36. The first-order valence-electron chi connectivity index (χ1n) is 8.96. The number of ether oxygens (including phenoxy) is 2. The number of imidazole rings is 1. The molecular weight excluding hydrogens is 394 g/mol. The fourth-order valence-corrected chi connectivity index (χ4v) is 3.50. The number of aromatic nitrogens is 3. The lowest BCUT2D eigenvalue weighted by Gasteiger charge is -2.18. The monoisotopic (exact) mass is 415 g/mol. The molecule has 0 radical (unpaired) electrons. The third-order valence-electron chi connectivity index (χ3n) is 5.15. The number of carbonyl (C=O) groups excluding carboxylic acids is 2. The number of pyridine rings is 1. The van der Waals surface area contributed by atoms with Gasteiger partial charge < -0.3 is 19.6 Å². The second-order valence-electron chi connectivity index (χ2n) is 6.77. The maximum absolute atomic E-state index is 12.6. The molecule has 0 fully saturated rings. The summed E-state index contributed by atoms with van der Waals surface area (Å²) in [5.41, 5.74) is 0.395. The first kappa shape index (κ1) is 20.9. The predicted molar refractivity (Wildman–Crippen MR) is 107 cm³/mol. The summed E-state index contributed by atoms with van der Waals surface area (Å²) in [6.07, 6.45) is 0.774. The molecular formula is C20H21N3O7. The van der Waals surface area contributed by atoms with Crippen LogP contribution in [0, 0.1) is 0 Å². The molecule has 0 aliphatic heterocycles. The lowest BCUT2D eigenvalue weighted by molar-refractivity contribution is -0.140. The molecule has 0 amide bonds. The van der Waals surface area contributed by atoms with Crippen LogP contribution in [0.1, 0.15) is 33.8 Å². The smallest absolute Gasteiger partial charge is 0.343 e. The number of aromatic amines is 1. The molecule has 1 aromatic carbocycles. The SMILES string of the molecule is COC(=O)C[C@H](c1ccc2c(c1)n(C)c(=O)n2C)c1c(O)c(C(=O)OC)c[nH]c1=O. The van der Waals surface area contributed by atoms with Gasteiger partial charge in [-0.1, -0.05) is 6.07 Å². The minimum atomic E-state index is -0.939. The number of H-pyrrole nitrogens is 1. The number of carbonyl (C=O) groups is 2. The number of benzene rings is 1. The number of rotatable bonds is 5. The predicted octanol–water partition coefficient (Wildman–Crippen LogP) is 0.752. The summed E-state index contributed by atoms with van der Waals surface area (Å²) >= 11 is 0. The van der Waals surface area contributed by atoms with Crippen molar-refractivity contribution < 1.29 is 24.2 Å². The topological polar surface area (TPSA) is 133 Å². The van der Waals surface area contributed by atoms with Crippen LogP contribution in [0.2, 0.25) is 0 Å². The van der Waals surface area contributed by atoms with Crippen molar-refractivity contribution in [2.24, 2.45) is 14.1 Å². The second-order valence-corrected chi connectivity index (χ2v) is 6.77. The van der Waals surface area contributed by atoms with Crippen LogP contribution in [0.5, 0.6) is 5.75 Å². The number of nitrogens with one attached hydrogen (secondary N) is 1. The maximum Gasteiger partial charge on any atom is 0.343 e. The number of aromatic hydroxyl groups is 1. The fraction of sp³-hybridized carbons (Fsp3) is 0.300. The fourth-order valence-electron chi connectivity index (χ4n) is 3.50. The highest BCUT2D eigenvalue weighted by Crippen LogP contribution is 2.34. The zero-order valence-corrected chi connectivity index (χ0v) is 16.9. The Bertz CT molecular complexity index is 1270. The van der Waals surface area contributed by atoms with Crippen LogP contribution in [0.25, 0.3) is 11.0 Å². The number of aryl methyl sites for hydroxylation is 2. The van der Waals surface area contributed by atoms with Crippen LogP contribution in [0.15, 0.2) is 34.0 Å². The summed E-state index contributed by atoms with van der Waals surface area (Å²) in [6.45, 7) is 0. The molecule has 2 N–H and O–H groups in total. The quantitative estimate of drug-likeness (QED) is 0.588. The Morgan fingerprint density at radius 1 is 1.10 bits per heavy atom. The van der Waals surface area contributed by atoms with Crippen molar-refractivity contribution in [3.63, 3.8) is 0 Å². The van der Waals surface area contributed by atoms with Crippen LogP contribution in [-0.4, -0.2) is 45.4 Å². The number of nitrogens with zero attached hydrogens (tertiary/aromatic N) is 2. The minimum Gasteiger partial charge on any atom is -0.506 e. The van der Waals surface area contributed by atoms with Gasteiger partial charge in [0.2, 0.25) is 0 Å². The number of fused-ring (bicyclic) bond motifs is 1. The summed E-state index contributed by atoms with van der Waals surface area (Å²) in [4.78, 5) is 51.3. The highest BCUT2D eigenvalue weighted by atomic mass is 16.5. The first-order chi connectivity index (χ1) is 14.2. The van der Waals surface area contributed by atoms with Crippen LogP contribution in [-0.2, 0) is 28.4 Å². The summed E-state index contributed by atoms with van der Waals surface area (Å²) in [5.74, 6) is -2.99. The van der Waals surface area contributed by atoms with Gasteiger partial charge in [-0.25, -0.2) is 9.59 Å². The van der Waals surface area contributed by atoms with E-state index in [2.05, 4.69) is 9.72 Å². The van der Waals surface area contributed by atoms with E-state index in [0.29, 0.717) is 16.6 Å². The Hall–Kier alpha value is -3.82. The average Bonchev–Trinajstić information content (AvgIpc) is 2.96. The largest absolute Gasteiger partial charge is 0.506 e. The molecule has 0 spiro atoms. The molecule has 0 saturated carbocycles. The van der Waals surface area contributed by atoms with E-state index in [4.69, 9.17) is 4.74 Å². The Labute approximate surface area is 170 Å². The first-order valence-corrected chi connectivity index (χ1v) is 8.96. The van der Waals surface area contributed by atoms with Crippen LogP contribution in [0.4, 0.5) is 0 Å². The van der Waals surface area contributed by atoms with Gasteiger partial charge in [0.15, 0.2) is 0 Å². The number of esters is 2. The molecule has 0 aliphatic carbocycles. The van der Waals surface area contributed by atoms with Crippen molar-refractivity contribution in [1.82, 2.24) is 14.1 Å². The molecule has 3 aromatic rings. The third-order valence-corrected chi connectivity index (χ3v) is 5.15.